The van der Waals surface area contributed by atoms with Crippen molar-refractivity contribution in [3.63, 3.8) is 0 Å². The maximum atomic E-state index is 11.2. The van der Waals surface area contributed by atoms with E-state index in [9.17, 15) is 4.79 Å². The number of hydrogen-bond donors (Lipinski definition) is 1. The van der Waals surface area contributed by atoms with Crippen molar-refractivity contribution in [2.24, 2.45) is 5.92 Å². The second-order valence-corrected chi connectivity index (χ2v) is 6.71. The van der Waals surface area contributed by atoms with E-state index in [0.29, 0.717) is 18.4 Å². The highest BCUT2D eigenvalue weighted by molar-refractivity contribution is 5.84. The van der Waals surface area contributed by atoms with Crippen LogP contribution in [0.1, 0.15) is 48.1 Å². The molecule has 0 amide bonds. The Hall–Kier alpha value is -1.37. The quantitative estimate of drug-likeness (QED) is 0.860. The molecule has 0 saturated carbocycles. The van der Waals surface area contributed by atoms with Gasteiger partial charge in [0.15, 0.2) is 0 Å². The number of aromatic carboxylic acids is 1. The van der Waals surface area contributed by atoms with Crippen molar-refractivity contribution in [1.29, 1.82) is 0 Å². The molecule has 0 unspecified atom stereocenters. The fraction of sp³-hybridized carbons (Fsp3) is 0.722. The van der Waals surface area contributed by atoms with Crippen molar-refractivity contribution >= 4 is 5.97 Å². The summed E-state index contributed by atoms with van der Waals surface area (Å²) in [6.45, 7) is 6.82. The molecule has 2 fully saturated rings. The van der Waals surface area contributed by atoms with Crippen molar-refractivity contribution in [3.05, 3.63) is 23.2 Å². The first-order chi connectivity index (χ1) is 11.7. The van der Waals surface area contributed by atoms with Gasteiger partial charge in [0, 0.05) is 44.3 Å². The Morgan fingerprint density at radius 3 is 2.79 bits per heavy atom. The Kier molecular flexibility index (Phi) is 5.92. The first kappa shape index (κ1) is 17.5. The van der Waals surface area contributed by atoms with Gasteiger partial charge in [-0.25, -0.2) is 4.79 Å². The summed E-state index contributed by atoms with van der Waals surface area (Å²) in [7, 11) is 0. The van der Waals surface area contributed by atoms with E-state index in [1.807, 2.05) is 6.92 Å². The van der Waals surface area contributed by atoms with Crippen molar-refractivity contribution in [3.8, 4) is 0 Å². The largest absolute Gasteiger partial charge is 0.475 e. The third-order valence-corrected chi connectivity index (χ3v) is 5.10. The number of rotatable bonds is 6. The molecule has 134 valence electrons. The van der Waals surface area contributed by atoms with E-state index in [1.54, 1.807) is 6.07 Å². The zero-order valence-electron chi connectivity index (χ0n) is 14.3. The summed E-state index contributed by atoms with van der Waals surface area (Å²) >= 11 is 0. The summed E-state index contributed by atoms with van der Waals surface area (Å²) in [6, 6.07) is 2.07. The molecule has 24 heavy (non-hydrogen) atoms. The van der Waals surface area contributed by atoms with Crippen LogP contribution in [0.25, 0.3) is 0 Å². The number of hydrogen-bond acceptors (Lipinski definition) is 5. The fourth-order valence-corrected chi connectivity index (χ4v) is 3.71. The molecular weight excluding hydrogens is 310 g/mol. The molecule has 1 N–H and O–H groups in total. The molecule has 1 aromatic rings. The fourth-order valence-electron chi connectivity index (χ4n) is 3.71. The maximum Gasteiger partial charge on any atom is 0.371 e. The summed E-state index contributed by atoms with van der Waals surface area (Å²) in [5.74, 6) is 0.508. The van der Waals surface area contributed by atoms with Gasteiger partial charge in [-0.05, 0) is 31.2 Å². The van der Waals surface area contributed by atoms with Gasteiger partial charge in [0.2, 0.25) is 5.76 Å². The van der Waals surface area contributed by atoms with Crippen LogP contribution in [0.5, 0.6) is 0 Å². The van der Waals surface area contributed by atoms with E-state index in [4.69, 9.17) is 19.0 Å². The van der Waals surface area contributed by atoms with Crippen LogP contribution >= 0.6 is 0 Å². The van der Waals surface area contributed by atoms with Gasteiger partial charge < -0.3 is 19.0 Å². The monoisotopic (exact) mass is 337 g/mol. The van der Waals surface area contributed by atoms with Gasteiger partial charge in [0.25, 0.3) is 0 Å². The number of furan rings is 1. The summed E-state index contributed by atoms with van der Waals surface area (Å²) in [5.41, 5.74) is 0.994. The highest BCUT2D eigenvalue weighted by Crippen LogP contribution is 2.26. The van der Waals surface area contributed by atoms with Gasteiger partial charge in [-0.1, -0.05) is 6.92 Å². The van der Waals surface area contributed by atoms with E-state index in [0.717, 1.165) is 70.1 Å². The number of morpholine rings is 1. The SMILES string of the molecule is CCc1oc(C(=O)O)cc1CN1CCOC[C@@H]1CC1CCOCC1. The highest BCUT2D eigenvalue weighted by Gasteiger charge is 2.28. The molecular formula is C18H27NO5. The van der Waals surface area contributed by atoms with E-state index < -0.39 is 5.97 Å². The second-order valence-electron chi connectivity index (χ2n) is 6.71. The Morgan fingerprint density at radius 1 is 1.29 bits per heavy atom. The normalized spacial score (nSPS) is 23.5. The lowest BCUT2D eigenvalue weighted by Gasteiger charge is -2.38. The van der Waals surface area contributed by atoms with Crippen molar-refractivity contribution in [2.75, 3.05) is 33.0 Å². The Bertz CT molecular complexity index is 550. The minimum absolute atomic E-state index is 0.0380. The number of carboxylic acids is 1. The first-order valence-electron chi connectivity index (χ1n) is 8.91. The molecule has 6 heteroatoms. The Balaban J connectivity index is 1.68. The Labute approximate surface area is 142 Å². The molecule has 2 aliphatic rings. The molecule has 2 saturated heterocycles. The molecule has 0 spiro atoms. The average Bonchev–Trinajstić information content (AvgIpc) is 3.01. The molecule has 1 atom stereocenters. The van der Waals surface area contributed by atoms with Crippen LogP contribution in [-0.2, 0) is 22.4 Å². The van der Waals surface area contributed by atoms with Crippen LogP contribution in [0, 0.1) is 5.92 Å². The van der Waals surface area contributed by atoms with Crippen LogP contribution in [0.3, 0.4) is 0 Å². The van der Waals surface area contributed by atoms with E-state index >= 15 is 0 Å². The van der Waals surface area contributed by atoms with Crippen LogP contribution in [0.2, 0.25) is 0 Å². The molecule has 0 aliphatic carbocycles. The van der Waals surface area contributed by atoms with Gasteiger partial charge >= 0.3 is 5.97 Å². The molecule has 0 radical (unpaired) electrons. The van der Waals surface area contributed by atoms with Crippen LogP contribution in [0.15, 0.2) is 10.5 Å². The number of carbonyl (C=O) groups is 1. The Morgan fingerprint density at radius 2 is 2.08 bits per heavy atom. The van der Waals surface area contributed by atoms with E-state index in [-0.39, 0.29) is 5.76 Å². The van der Waals surface area contributed by atoms with E-state index in [2.05, 4.69) is 4.90 Å². The minimum Gasteiger partial charge on any atom is -0.475 e. The minimum atomic E-state index is -1.00. The predicted octanol–water partition coefficient (Wildman–Crippen LogP) is 2.56. The summed E-state index contributed by atoms with van der Waals surface area (Å²) in [4.78, 5) is 13.6. The molecule has 6 nitrogen and oxygen atoms in total. The summed E-state index contributed by atoms with van der Waals surface area (Å²) < 4.78 is 16.6. The van der Waals surface area contributed by atoms with Crippen LogP contribution < -0.4 is 0 Å². The lowest BCUT2D eigenvalue weighted by molar-refractivity contribution is -0.0291. The third-order valence-electron chi connectivity index (χ3n) is 5.10. The van der Waals surface area contributed by atoms with E-state index in [1.165, 1.54) is 0 Å². The molecule has 3 heterocycles. The van der Waals surface area contributed by atoms with Crippen molar-refractivity contribution < 1.29 is 23.8 Å². The van der Waals surface area contributed by atoms with Crippen molar-refractivity contribution in [1.82, 2.24) is 4.90 Å². The lowest BCUT2D eigenvalue weighted by atomic mass is 9.91. The molecule has 0 aromatic carbocycles. The lowest BCUT2D eigenvalue weighted by Crippen LogP contribution is -2.46. The number of aryl methyl sites for hydroxylation is 1. The summed E-state index contributed by atoms with van der Waals surface area (Å²) in [6.07, 6.45) is 4.07. The highest BCUT2D eigenvalue weighted by atomic mass is 16.5. The topological polar surface area (TPSA) is 72.1 Å². The van der Waals surface area contributed by atoms with Crippen molar-refractivity contribution in [2.45, 2.75) is 45.2 Å². The molecule has 2 aliphatic heterocycles. The van der Waals surface area contributed by atoms with Crippen LogP contribution in [-0.4, -0.2) is 55.0 Å². The smallest absolute Gasteiger partial charge is 0.371 e. The molecule has 0 bridgehead atoms. The number of carboxylic acid groups (broad SMARTS) is 1. The third kappa shape index (κ3) is 4.18. The van der Waals surface area contributed by atoms with Gasteiger partial charge in [-0.3, -0.25) is 4.90 Å². The number of ether oxygens (including phenoxy) is 2. The maximum absolute atomic E-state index is 11.2. The molecule has 3 rings (SSSR count). The van der Waals surface area contributed by atoms with Gasteiger partial charge in [-0.2, -0.15) is 0 Å². The van der Waals surface area contributed by atoms with Gasteiger partial charge in [0.05, 0.1) is 13.2 Å². The molecule has 1 aromatic heterocycles. The number of nitrogens with zero attached hydrogens (tertiary/aromatic N) is 1. The standard InChI is InChI=1S/C18H27NO5/c1-2-16-14(10-17(24-16)18(20)21)11-19-5-8-23-12-15(19)9-13-3-6-22-7-4-13/h10,13,15H,2-9,11-12H2,1H3,(H,20,21)/t15-/m0/s1. The second kappa shape index (κ2) is 8.14. The average molecular weight is 337 g/mol. The van der Waals surface area contributed by atoms with Gasteiger partial charge in [-0.15, -0.1) is 0 Å². The predicted molar refractivity (Wildman–Crippen MR) is 88.2 cm³/mol. The zero-order chi connectivity index (χ0) is 16.9. The van der Waals surface area contributed by atoms with Crippen LogP contribution in [0.4, 0.5) is 0 Å². The van der Waals surface area contributed by atoms with Gasteiger partial charge in [0.1, 0.15) is 5.76 Å². The zero-order valence-corrected chi connectivity index (χ0v) is 14.3. The summed E-state index contributed by atoms with van der Waals surface area (Å²) in [5, 5.41) is 9.15. The first-order valence-corrected chi connectivity index (χ1v) is 8.91.